The summed E-state index contributed by atoms with van der Waals surface area (Å²) < 4.78 is 70.3. The van der Waals surface area contributed by atoms with Crippen LogP contribution in [0.2, 0.25) is 0 Å². The van der Waals surface area contributed by atoms with Gasteiger partial charge in [0.05, 0.1) is 18.3 Å². The van der Waals surface area contributed by atoms with Crippen molar-refractivity contribution >= 4 is 22.7 Å². The van der Waals surface area contributed by atoms with Crippen molar-refractivity contribution in [3.8, 4) is 22.8 Å². The number of aromatic nitrogens is 2. The summed E-state index contributed by atoms with van der Waals surface area (Å²) >= 11 is 0. The third kappa shape index (κ3) is 6.24. The average molecular weight is 669 g/mol. The SMILES string of the molecule is C[C@]1(C(=O)NCCCO)COc2c1cc([C@@](O)(CNC(=O)c1cc(OC3CC3)c3ncccc3c1)C(F)(F)F)nc2-c1ccc(F)cc1. The number of nitrogens with zero attached hydrogens (tertiary/aromatic N) is 2. The zero-order valence-electron chi connectivity index (χ0n) is 25.7. The van der Waals surface area contributed by atoms with Crippen LogP contribution in [0, 0.1) is 5.82 Å². The number of carbonyl (C=O) groups excluding carboxylic acids is 2. The van der Waals surface area contributed by atoms with Crippen LogP contribution < -0.4 is 20.1 Å². The number of aliphatic hydroxyl groups excluding tert-OH is 1. The molecule has 0 spiro atoms. The van der Waals surface area contributed by atoms with Crippen LogP contribution in [0.3, 0.4) is 0 Å². The van der Waals surface area contributed by atoms with Gasteiger partial charge in [-0.05, 0) is 74.7 Å². The Labute approximate surface area is 272 Å². The van der Waals surface area contributed by atoms with Crippen molar-refractivity contribution in [1.29, 1.82) is 0 Å². The van der Waals surface area contributed by atoms with Crippen LogP contribution in [0.25, 0.3) is 22.2 Å². The molecule has 2 aromatic carbocycles. The molecule has 48 heavy (non-hydrogen) atoms. The van der Waals surface area contributed by atoms with Gasteiger partial charge in [-0.3, -0.25) is 14.6 Å². The summed E-state index contributed by atoms with van der Waals surface area (Å²) in [5.41, 5.74) is -5.67. The molecule has 252 valence electrons. The number of pyridine rings is 2. The number of aliphatic hydroxyl groups is 2. The van der Waals surface area contributed by atoms with Crippen molar-refractivity contribution < 1.29 is 46.8 Å². The van der Waals surface area contributed by atoms with Crippen LogP contribution >= 0.6 is 0 Å². The number of carbonyl (C=O) groups is 2. The van der Waals surface area contributed by atoms with Gasteiger partial charge in [0.2, 0.25) is 11.5 Å². The molecule has 4 aromatic rings. The molecular weight excluding hydrogens is 636 g/mol. The van der Waals surface area contributed by atoms with Crippen molar-refractivity contribution in [3.05, 3.63) is 83.4 Å². The number of amides is 2. The second-order valence-electron chi connectivity index (χ2n) is 12.1. The molecule has 3 heterocycles. The van der Waals surface area contributed by atoms with E-state index < -0.39 is 47.1 Å². The highest BCUT2D eigenvalue weighted by molar-refractivity contribution is 6.00. The fraction of sp³-hybridized carbons (Fsp3) is 0.353. The van der Waals surface area contributed by atoms with Crippen LogP contribution in [-0.4, -0.2) is 70.6 Å². The molecule has 2 aromatic heterocycles. The van der Waals surface area contributed by atoms with E-state index in [0.717, 1.165) is 31.0 Å². The number of halogens is 4. The summed E-state index contributed by atoms with van der Waals surface area (Å²) in [4.78, 5) is 35.2. The van der Waals surface area contributed by atoms with E-state index >= 15 is 0 Å². The van der Waals surface area contributed by atoms with Crippen molar-refractivity contribution in [1.82, 2.24) is 20.6 Å². The minimum Gasteiger partial charge on any atom is -0.489 e. The smallest absolute Gasteiger partial charge is 0.424 e. The largest absolute Gasteiger partial charge is 0.489 e. The maximum Gasteiger partial charge on any atom is 0.424 e. The van der Waals surface area contributed by atoms with Gasteiger partial charge in [0.1, 0.15) is 40.5 Å². The first-order valence-corrected chi connectivity index (χ1v) is 15.3. The number of alkyl halides is 3. The molecule has 1 fully saturated rings. The van der Waals surface area contributed by atoms with Crippen molar-refractivity contribution in [2.75, 3.05) is 26.3 Å². The molecule has 6 rings (SSSR count). The third-order valence-corrected chi connectivity index (χ3v) is 8.46. The molecule has 10 nitrogen and oxygen atoms in total. The van der Waals surface area contributed by atoms with Gasteiger partial charge < -0.3 is 30.3 Å². The molecule has 2 atom stereocenters. The number of ether oxygens (including phenoxy) is 2. The fourth-order valence-corrected chi connectivity index (χ4v) is 5.45. The molecule has 2 amide bonds. The first kappa shape index (κ1) is 33.1. The molecule has 0 saturated heterocycles. The number of rotatable bonds is 11. The van der Waals surface area contributed by atoms with Crippen LogP contribution in [0.5, 0.6) is 11.5 Å². The van der Waals surface area contributed by atoms with Gasteiger partial charge in [-0.15, -0.1) is 0 Å². The second-order valence-corrected chi connectivity index (χ2v) is 12.1. The number of hydrogen-bond donors (Lipinski definition) is 4. The van der Waals surface area contributed by atoms with Crippen LogP contribution in [0.15, 0.2) is 60.8 Å². The highest BCUT2D eigenvalue weighted by Gasteiger charge is 2.58. The standard InChI is InChI=1S/C34H32F4N4O6/c1-32(31(45)40-12-3-13-43)18-47-29-24(32)16-26(42-28(29)19-5-7-22(35)8-6-19)33(46,34(36,37)38)17-41-30(44)21-14-20-4-2-11-39-27(20)25(15-21)48-23-9-10-23/h2,4-8,11,14-16,23,43,46H,3,9-10,12-13,17-18H2,1H3,(H,40,45)(H,41,44)/t32-,33-/m0/s1. The lowest BCUT2D eigenvalue weighted by Gasteiger charge is -2.31. The summed E-state index contributed by atoms with van der Waals surface area (Å²) in [6.45, 7) is -0.235. The Bertz CT molecular complexity index is 1870. The Hall–Kier alpha value is -4.82. The van der Waals surface area contributed by atoms with Crippen LogP contribution in [-0.2, 0) is 15.8 Å². The summed E-state index contributed by atoms with van der Waals surface area (Å²) in [7, 11) is 0. The molecule has 1 saturated carbocycles. The first-order valence-electron chi connectivity index (χ1n) is 15.3. The van der Waals surface area contributed by atoms with E-state index in [-0.39, 0.29) is 60.4 Å². The van der Waals surface area contributed by atoms with E-state index in [4.69, 9.17) is 14.6 Å². The maximum absolute atomic E-state index is 14.9. The highest BCUT2D eigenvalue weighted by atomic mass is 19.4. The summed E-state index contributed by atoms with van der Waals surface area (Å²) in [5, 5.41) is 25.9. The lowest BCUT2D eigenvalue weighted by molar-refractivity contribution is -0.265. The van der Waals surface area contributed by atoms with Crippen molar-refractivity contribution in [2.24, 2.45) is 0 Å². The normalized spacial score (nSPS) is 18.5. The van der Waals surface area contributed by atoms with E-state index in [1.165, 1.54) is 31.2 Å². The van der Waals surface area contributed by atoms with Crippen molar-refractivity contribution in [3.63, 3.8) is 0 Å². The Kier molecular flexibility index (Phi) is 8.73. The quantitative estimate of drug-likeness (QED) is 0.137. The van der Waals surface area contributed by atoms with E-state index in [2.05, 4.69) is 20.6 Å². The zero-order chi connectivity index (χ0) is 34.3. The van der Waals surface area contributed by atoms with E-state index in [1.54, 1.807) is 18.3 Å². The van der Waals surface area contributed by atoms with E-state index in [0.29, 0.717) is 16.7 Å². The topological polar surface area (TPSA) is 143 Å². The van der Waals surface area contributed by atoms with Gasteiger partial charge in [-0.2, -0.15) is 13.2 Å². The van der Waals surface area contributed by atoms with Gasteiger partial charge in [0.25, 0.3) is 5.91 Å². The van der Waals surface area contributed by atoms with Crippen molar-refractivity contribution in [2.45, 2.75) is 49.5 Å². The minimum absolute atomic E-state index is 0.00576. The summed E-state index contributed by atoms with van der Waals surface area (Å²) in [6, 6.07) is 11.9. The molecule has 0 unspecified atom stereocenters. The van der Waals surface area contributed by atoms with Crippen LogP contribution in [0.4, 0.5) is 17.6 Å². The maximum atomic E-state index is 14.9. The first-order chi connectivity index (χ1) is 22.8. The zero-order valence-corrected chi connectivity index (χ0v) is 25.7. The molecular formula is C34H32F4N4O6. The van der Waals surface area contributed by atoms with Gasteiger partial charge in [-0.25, -0.2) is 9.37 Å². The molecule has 14 heteroatoms. The second kappa shape index (κ2) is 12.7. The molecule has 2 aliphatic rings. The van der Waals surface area contributed by atoms with Gasteiger partial charge in [0, 0.05) is 41.4 Å². The fourth-order valence-electron chi connectivity index (χ4n) is 5.45. The van der Waals surface area contributed by atoms with Gasteiger partial charge in [-0.1, -0.05) is 6.07 Å². The highest BCUT2D eigenvalue weighted by Crippen LogP contribution is 2.48. The summed E-state index contributed by atoms with van der Waals surface area (Å²) in [6.07, 6.45) is -1.96. The Morgan fingerprint density at radius 2 is 1.85 bits per heavy atom. The Morgan fingerprint density at radius 3 is 2.54 bits per heavy atom. The number of hydrogen-bond acceptors (Lipinski definition) is 8. The van der Waals surface area contributed by atoms with Gasteiger partial charge in [0.15, 0.2) is 0 Å². The minimum atomic E-state index is -5.37. The lowest BCUT2D eigenvalue weighted by atomic mass is 9.81. The predicted octanol–water partition coefficient (Wildman–Crippen LogP) is 4.31. The molecule has 4 N–H and O–H groups in total. The number of fused-ring (bicyclic) bond motifs is 2. The molecule has 0 bridgehead atoms. The van der Waals surface area contributed by atoms with E-state index in [9.17, 15) is 32.3 Å². The predicted molar refractivity (Wildman–Crippen MR) is 165 cm³/mol. The van der Waals surface area contributed by atoms with Gasteiger partial charge >= 0.3 is 6.18 Å². The third-order valence-electron chi connectivity index (χ3n) is 8.46. The van der Waals surface area contributed by atoms with E-state index in [1.807, 2.05) is 0 Å². The Balaban J connectivity index is 1.39. The molecule has 0 radical (unpaired) electrons. The average Bonchev–Trinajstić information content (AvgIpc) is 3.82. The lowest BCUT2D eigenvalue weighted by Crippen LogP contribution is -2.52. The van der Waals surface area contributed by atoms with Crippen LogP contribution in [0.1, 0.15) is 47.8 Å². The molecule has 1 aliphatic heterocycles. The monoisotopic (exact) mass is 668 g/mol. The number of benzene rings is 2. The summed E-state index contributed by atoms with van der Waals surface area (Å²) in [5.74, 6) is -1.80. The number of nitrogens with one attached hydrogen (secondary N) is 2. The Morgan fingerprint density at radius 1 is 1.10 bits per heavy atom. The molecule has 1 aliphatic carbocycles.